The molecule has 0 saturated carbocycles. The molecule has 0 aromatic carbocycles. The van der Waals surface area contributed by atoms with Gasteiger partial charge in [-0.25, -0.2) is 0 Å². The lowest BCUT2D eigenvalue weighted by Crippen LogP contribution is -1.66. The lowest BCUT2D eigenvalue weighted by atomic mass is 10.6. The number of allylic oxidation sites excluding steroid dienone is 2. The lowest BCUT2D eigenvalue weighted by molar-refractivity contribution is 1.46. The van der Waals surface area contributed by atoms with Gasteiger partial charge in [0, 0.05) is 0 Å². The topological polar surface area (TPSA) is 36.1 Å². The Morgan fingerprint density at radius 3 is 2.50 bits per heavy atom. The summed E-state index contributed by atoms with van der Waals surface area (Å²) in [6.45, 7) is 0. The molecule has 0 fully saturated rings. The van der Waals surface area contributed by atoms with Crippen LogP contribution in [0, 0.1) is 11.5 Å². The SMILES string of the molecule is N#CN=S1C=CC=C1. The number of hydrogen-bond acceptors (Lipinski definition) is 2. The van der Waals surface area contributed by atoms with Crippen LogP contribution in [0.15, 0.2) is 27.3 Å². The molecule has 0 N–H and O–H groups in total. The van der Waals surface area contributed by atoms with Crippen molar-refractivity contribution in [1.29, 1.82) is 5.26 Å². The van der Waals surface area contributed by atoms with Crippen LogP contribution < -0.4 is 0 Å². The average molecular weight is 124 g/mol. The Labute approximate surface area is 50.2 Å². The number of rotatable bonds is 0. The number of nitrogens with zero attached hydrogens (tertiary/aromatic N) is 2. The molecule has 0 spiro atoms. The quantitative estimate of drug-likeness (QED) is 0.448. The summed E-state index contributed by atoms with van der Waals surface area (Å²) in [5.41, 5.74) is 0. The Morgan fingerprint density at radius 2 is 2.00 bits per heavy atom. The van der Waals surface area contributed by atoms with Crippen molar-refractivity contribution in [3.8, 4) is 6.19 Å². The fraction of sp³-hybridized carbons (Fsp3) is 0. The van der Waals surface area contributed by atoms with E-state index in [0.29, 0.717) is 0 Å². The molecule has 0 saturated heterocycles. The van der Waals surface area contributed by atoms with E-state index in [1.165, 1.54) is 0 Å². The average Bonchev–Trinajstić information content (AvgIpc) is 2.19. The first-order chi connectivity index (χ1) is 3.93. The standard InChI is InChI=1S/C5H4N2S/c6-5-7-8-3-1-2-4-8/h1-4H. The highest BCUT2D eigenvalue weighted by atomic mass is 32.2. The summed E-state index contributed by atoms with van der Waals surface area (Å²) < 4.78 is 3.58. The third kappa shape index (κ3) is 1.04. The highest BCUT2D eigenvalue weighted by Gasteiger charge is 1.86. The van der Waals surface area contributed by atoms with Crippen molar-refractivity contribution in [1.82, 2.24) is 0 Å². The molecule has 0 aliphatic carbocycles. The summed E-state index contributed by atoms with van der Waals surface area (Å²) in [4.78, 5) is 0. The summed E-state index contributed by atoms with van der Waals surface area (Å²) in [5, 5.41) is 11.8. The first-order valence-electron chi connectivity index (χ1n) is 2.10. The van der Waals surface area contributed by atoms with Gasteiger partial charge in [0.05, 0.1) is 0 Å². The van der Waals surface area contributed by atoms with Crippen LogP contribution in [0.4, 0.5) is 0 Å². The molecule has 0 radical (unpaired) electrons. The Bertz CT molecular complexity index is 193. The van der Waals surface area contributed by atoms with E-state index >= 15 is 0 Å². The summed E-state index contributed by atoms with van der Waals surface area (Å²) in [7, 11) is -0.225. The summed E-state index contributed by atoms with van der Waals surface area (Å²) in [6, 6.07) is 0. The van der Waals surface area contributed by atoms with E-state index in [9.17, 15) is 0 Å². The molecule has 0 unspecified atom stereocenters. The predicted octanol–water partition coefficient (Wildman–Crippen LogP) is 1.31. The van der Waals surface area contributed by atoms with E-state index < -0.39 is 0 Å². The highest BCUT2D eigenvalue weighted by Crippen LogP contribution is 2.00. The molecule has 0 aromatic rings. The van der Waals surface area contributed by atoms with Crippen LogP contribution in [0.1, 0.15) is 0 Å². The van der Waals surface area contributed by atoms with E-state index in [-0.39, 0.29) is 10.7 Å². The van der Waals surface area contributed by atoms with Crippen LogP contribution in [0.5, 0.6) is 0 Å². The molecule has 0 aromatic heterocycles. The highest BCUT2D eigenvalue weighted by molar-refractivity contribution is 7.93. The van der Waals surface area contributed by atoms with Crippen molar-refractivity contribution >= 4 is 10.7 Å². The second-order valence-electron chi connectivity index (χ2n) is 1.20. The predicted molar refractivity (Wildman–Crippen MR) is 33.7 cm³/mol. The minimum Gasteiger partial charge on any atom is -0.170 e. The molecule has 0 amide bonds. The van der Waals surface area contributed by atoms with Crippen molar-refractivity contribution in [2.45, 2.75) is 0 Å². The minimum atomic E-state index is -0.225. The minimum absolute atomic E-state index is 0.225. The molecular formula is C5H4N2S. The van der Waals surface area contributed by atoms with Gasteiger partial charge in [0.25, 0.3) is 0 Å². The van der Waals surface area contributed by atoms with E-state index in [1.54, 1.807) is 6.19 Å². The smallest absolute Gasteiger partial charge is 0.170 e. The van der Waals surface area contributed by atoms with Crippen molar-refractivity contribution in [3.63, 3.8) is 0 Å². The molecular weight excluding hydrogens is 120 g/mol. The van der Waals surface area contributed by atoms with Crippen molar-refractivity contribution in [2.24, 2.45) is 4.36 Å². The van der Waals surface area contributed by atoms with Gasteiger partial charge in [-0.05, 0) is 21.5 Å². The van der Waals surface area contributed by atoms with Gasteiger partial charge >= 0.3 is 0 Å². The zero-order valence-corrected chi connectivity index (χ0v) is 4.93. The van der Waals surface area contributed by atoms with Gasteiger partial charge in [-0.2, -0.15) is 5.26 Å². The molecule has 0 atom stereocenters. The second kappa shape index (κ2) is 2.43. The van der Waals surface area contributed by atoms with Gasteiger partial charge in [-0.3, -0.25) is 0 Å². The van der Waals surface area contributed by atoms with Gasteiger partial charge in [0.1, 0.15) is 0 Å². The van der Waals surface area contributed by atoms with Crippen LogP contribution in [0.3, 0.4) is 0 Å². The maximum atomic E-state index is 8.05. The first-order valence-corrected chi connectivity index (χ1v) is 3.41. The third-order valence-corrected chi connectivity index (χ3v) is 1.86. The molecule has 40 valence electrons. The van der Waals surface area contributed by atoms with Crippen molar-refractivity contribution in [3.05, 3.63) is 23.0 Å². The van der Waals surface area contributed by atoms with Crippen LogP contribution >= 0.6 is 0 Å². The summed E-state index contributed by atoms with van der Waals surface area (Å²) in [5.74, 6) is 0. The Hall–Kier alpha value is -0.880. The fourth-order valence-electron chi connectivity index (χ4n) is 0.405. The summed E-state index contributed by atoms with van der Waals surface area (Å²) in [6.07, 6.45) is 5.53. The Morgan fingerprint density at radius 1 is 1.38 bits per heavy atom. The first kappa shape index (κ1) is 5.26. The number of nitriles is 1. The zero-order valence-electron chi connectivity index (χ0n) is 4.11. The normalized spacial score (nSPS) is 16.4. The monoisotopic (exact) mass is 124 g/mol. The van der Waals surface area contributed by atoms with Gasteiger partial charge in [-0.1, -0.05) is 12.2 Å². The Kier molecular flexibility index (Phi) is 1.60. The molecule has 8 heavy (non-hydrogen) atoms. The van der Waals surface area contributed by atoms with Crippen LogP contribution in [-0.4, -0.2) is 0 Å². The van der Waals surface area contributed by atoms with Crippen LogP contribution in [0.2, 0.25) is 0 Å². The molecule has 1 aliphatic rings. The van der Waals surface area contributed by atoms with Gasteiger partial charge < -0.3 is 0 Å². The fourth-order valence-corrected chi connectivity index (χ4v) is 1.22. The van der Waals surface area contributed by atoms with E-state index in [4.69, 9.17) is 5.26 Å². The number of hydrogen-bond donors (Lipinski definition) is 0. The van der Waals surface area contributed by atoms with Gasteiger partial charge in [0.2, 0.25) is 6.19 Å². The molecule has 3 heteroatoms. The van der Waals surface area contributed by atoms with Gasteiger partial charge in [0.15, 0.2) is 0 Å². The van der Waals surface area contributed by atoms with Crippen molar-refractivity contribution < 1.29 is 0 Å². The van der Waals surface area contributed by atoms with E-state index in [2.05, 4.69) is 4.36 Å². The van der Waals surface area contributed by atoms with Crippen LogP contribution in [0.25, 0.3) is 0 Å². The lowest BCUT2D eigenvalue weighted by Gasteiger charge is -1.77. The molecule has 1 heterocycles. The Balaban J connectivity index is 2.79. The molecule has 1 aliphatic heterocycles. The largest absolute Gasteiger partial charge is 0.212 e. The second-order valence-corrected chi connectivity index (χ2v) is 2.62. The van der Waals surface area contributed by atoms with Crippen molar-refractivity contribution in [2.75, 3.05) is 0 Å². The van der Waals surface area contributed by atoms with E-state index in [1.807, 2.05) is 23.0 Å². The third-order valence-electron chi connectivity index (χ3n) is 0.693. The molecule has 1 rings (SSSR count). The molecule has 0 bridgehead atoms. The van der Waals surface area contributed by atoms with Gasteiger partial charge in [-0.15, -0.1) is 4.36 Å². The van der Waals surface area contributed by atoms with E-state index in [0.717, 1.165) is 0 Å². The summed E-state index contributed by atoms with van der Waals surface area (Å²) >= 11 is 0. The zero-order chi connectivity index (χ0) is 5.82. The maximum absolute atomic E-state index is 8.05. The van der Waals surface area contributed by atoms with Crippen LogP contribution in [-0.2, 0) is 10.7 Å². The molecule has 2 nitrogen and oxygen atoms in total. The maximum Gasteiger partial charge on any atom is 0.212 e.